The highest BCUT2D eigenvalue weighted by molar-refractivity contribution is 6.22. The molecule has 8 rings (SSSR count). The molecule has 0 radical (unpaired) electrons. The van der Waals surface area contributed by atoms with E-state index in [4.69, 9.17) is 9.15 Å². The molecule has 0 atom stereocenters. The summed E-state index contributed by atoms with van der Waals surface area (Å²) in [6.45, 7) is 10.1. The average Bonchev–Trinajstić information content (AvgIpc) is 3.74. The van der Waals surface area contributed by atoms with Crippen molar-refractivity contribution in [1.29, 1.82) is 0 Å². The molecular formula is C46H36O2. The second-order valence-electron chi connectivity index (χ2n) is 12.4. The number of hydrogen-bond donors (Lipinski definition) is 0. The maximum absolute atomic E-state index is 6.64. The molecule has 0 saturated heterocycles. The van der Waals surface area contributed by atoms with Gasteiger partial charge in [-0.1, -0.05) is 127 Å². The molecule has 0 aliphatic carbocycles. The summed E-state index contributed by atoms with van der Waals surface area (Å²) >= 11 is 0. The molecule has 0 N–H and O–H groups in total. The molecule has 2 heteroatoms. The molecule has 0 bridgehead atoms. The highest BCUT2D eigenvalue weighted by Crippen LogP contribution is 2.47. The number of ether oxygens (including phenoxy) is 1. The Hall–Kier alpha value is -5.86. The summed E-state index contributed by atoms with van der Waals surface area (Å²) in [7, 11) is 0. The molecule has 2 heterocycles. The van der Waals surface area contributed by atoms with E-state index in [1.54, 1.807) is 0 Å². The Labute approximate surface area is 281 Å². The standard InChI is InChI=1S/C46H36O2/c1-4-6-7-8-18-31(17-5-2)43-37-23-13-11-21-35(37)42(36-22-12-14-24-38(36)43)30(3)27-28-32-29-40-33-19-9-10-20-34(33)44-39-25-15-16-26-41(39)48-46(44)45(40)47-32/h4-5,7-16,18-28H,1-2,6,17,29H2,3H3/b8-7-,30-27+,31-18+,32-28+. The first-order chi connectivity index (χ1) is 23.7. The van der Waals surface area contributed by atoms with Crippen LogP contribution in [0.3, 0.4) is 0 Å². The van der Waals surface area contributed by atoms with Gasteiger partial charge in [0.25, 0.3) is 0 Å². The highest BCUT2D eigenvalue weighted by Gasteiger charge is 2.27. The number of para-hydroxylation sites is 1. The van der Waals surface area contributed by atoms with E-state index in [0.29, 0.717) is 6.42 Å². The van der Waals surface area contributed by atoms with Gasteiger partial charge >= 0.3 is 0 Å². The van der Waals surface area contributed by atoms with Gasteiger partial charge in [-0.3, -0.25) is 0 Å². The van der Waals surface area contributed by atoms with Gasteiger partial charge in [-0.05, 0) is 86.5 Å². The fourth-order valence-corrected chi connectivity index (χ4v) is 7.38. The topological polar surface area (TPSA) is 22.4 Å². The lowest BCUT2D eigenvalue weighted by atomic mass is 9.85. The summed E-state index contributed by atoms with van der Waals surface area (Å²) in [5, 5.41) is 9.58. The zero-order valence-electron chi connectivity index (χ0n) is 27.1. The number of furan rings is 1. The molecule has 2 nitrogen and oxygen atoms in total. The molecule has 6 aromatic carbocycles. The first kappa shape index (κ1) is 29.5. The Bertz CT molecular complexity index is 2490. The van der Waals surface area contributed by atoms with Gasteiger partial charge in [0.15, 0.2) is 11.3 Å². The van der Waals surface area contributed by atoms with Crippen LogP contribution in [0.4, 0.5) is 0 Å². The van der Waals surface area contributed by atoms with Crippen molar-refractivity contribution < 1.29 is 9.15 Å². The molecule has 0 spiro atoms. The third-order valence-corrected chi connectivity index (χ3v) is 9.45. The van der Waals surface area contributed by atoms with Gasteiger partial charge in [-0.25, -0.2) is 0 Å². The molecular weight excluding hydrogens is 585 g/mol. The molecule has 1 aromatic heterocycles. The van der Waals surface area contributed by atoms with Crippen LogP contribution in [-0.4, -0.2) is 0 Å². The molecule has 0 unspecified atom stereocenters. The van der Waals surface area contributed by atoms with Crippen molar-refractivity contribution in [2.45, 2.75) is 26.2 Å². The van der Waals surface area contributed by atoms with Crippen LogP contribution in [0.15, 0.2) is 163 Å². The van der Waals surface area contributed by atoms with Crippen molar-refractivity contribution >= 4 is 65.4 Å². The Morgan fingerprint density at radius 2 is 1.29 bits per heavy atom. The van der Waals surface area contributed by atoms with Gasteiger partial charge in [0.1, 0.15) is 11.3 Å². The van der Waals surface area contributed by atoms with Crippen LogP contribution in [0, 0.1) is 0 Å². The van der Waals surface area contributed by atoms with Crippen LogP contribution in [-0.2, 0) is 6.42 Å². The maximum atomic E-state index is 6.64. The zero-order chi connectivity index (χ0) is 32.6. The van der Waals surface area contributed by atoms with E-state index < -0.39 is 0 Å². The quantitative estimate of drug-likeness (QED) is 0.0958. The minimum atomic E-state index is 0.710. The fraction of sp³-hybridized carbons (Fsp3) is 0.0870. The van der Waals surface area contributed by atoms with E-state index in [9.17, 15) is 0 Å². The number of fused-ring (bicyclic) bond motifs is 10. The Kier molecular flexibility index (Phi) is 7.62. The molecule has 232 valence electrons. The lowest BCUT2D eigenvalue weighted by Crippen LogP contribution is -1.95. The van der Waals surface area contributed by atoms with E-state index in [-0.39, 0.29) is 0 Å². The smallest absolute Gasteiger partial charge is 0.178 e. The van der Waals surface area contributed by atoms with Crippen molar-refractivity contribution in [3.05, 3.63) is 175 Å². The summed E-state index contributed by atoms with van der Waals surface area (Å²) in [4.78, 5) is 0. The average molecular weight is 621 g/mol. The number of rotatable bonds is 8. The van der Waals surface area contributed by atoms with Crippen molar-refractivity contribution in [3.8, 4) is 5.75 Å². The summed E-state index contributed by atoms with van der Waals surface area (Å²) < 4.78 is 13.1. The van der Waals surface area contributed by atoms with E-state index in [1.165, 1.54) is 60.2 Å². The van der Waals surface area contributed by atoms with E-state index in [2.05, 4.69) is 135 Å². The van der Waals surface area contributed by atoms with Gasteiger partial charge in [0.05, 0.1) is 0 Å². The largest absolute Gasteiger partial charge is 0.457 e. The van der Waals surface area contributed by atoms with Crippen molar-refractivity contribution in [1.82, 2.24) is 0 Å². The Morgan fingerprint density at radius 3 is 1.96 bits per heavy atom. The monoisotopic (exact) mass is 620 g/mol. The van der Waals surface area contributed by atoms with Crippen LogP contribution >= 0.6 is 0 Å². The highest BCUT2D eigenvalue weighted by atomic mass is 16.5. The van der Waals surface area contributed by atoms with Crippen molar-refractivity contribution in [2.24, 2.45) is 0 Å². The third kappa shape index (κ3) is 4.89. The van der Waals surface area contributed by atoms with Crippen molar-refractivity contribution in [2.75, 3.05) is 0 Å². The van der Waals surface area contributed by atoms with Gasteiger partial charge < -0.3 is 9.15 Å². The first-order valence-corrected chi connectivity index (χ1v) is 16.6. The van der Waals surface area contributed by atoms with Gasteiger partial charge in [0.2, 0.25) is 0 Å². The predicted molar refractivity (Wildman–Crippen MR) is 205 cm³/mol. The molecule has 1 aliphatic rings. The molecule has 0 saturated carbocycles. The fourth-order valence-electron chi connectivity index (χ4n) is 7.38. The molecule has 0 amide bonds. The van der Waals surface area contributed by atoms with Gasteiger partial charge in [-0.15, -0.1) is 13.2 Å². The minimum absolute atomic E-state index is 0.710. The molecule has 7 aromatic rings. The van der Waals surface area contributed by atoms with Crippen LogP contribution in [0.5, 0.6) is 5.75 Å². The second kappa shape index (κ2) is 12.4. The Morgan fingerprint density at radius 1 is 0.688 bits per heavy atom. The van der Waals surface area contributed by atoms with E-state index in [0.717, 1.165) is 46.3 Å². The summed E-state index contributed by atoms with van der Waals surface area (Å²) in [5.74, 6) is 1.75. The van der Waals surface area contributed by atoms with E-state index >= 15 is 0 Å². The van der Waals surface area contributed by atoms with Gasteiger partial charge in [-0.2, -0.15) is 0 Å². The first-order valence-electron chi connectivity index (χ1n) is 16.6. The predicted octanol–water partition coefficient (Wildman–Crippen LogP) is 13.1. The second-order valence-corrected chi connectivity index (χ2v) is 12.4. The van der Waals surface area contributed by atoms with Gasteiger partial charge in [0, 0.05) is 22.8 Å². The summed E-state index contributed by atoms with van der Waals surface area (Å²) in [5.41, 5.74) is 7.80. The zero-order valence-corrected chi connectivity index (χ0v) is 27.1. The van der Waals surface area contributed by atoms with Crippen molar-refractivity contribution in [3.63, 3.8) is 0 Å². The van der Waals surface area contributed by atoms with Crippen LogP contribution in [0.25, 0.3) is 65.4 Å². The third-order valence-electron chi connectivity index (χ3n) is 9.45. The molecule has 48 heavy (non-hydrogen) atoms. The summed E-state index contributed by atoms with van der Waals surface area (Å²) in [6.07, 6.45) is 17.1. The van der Waals surface area contributed by atoms with Crippen LogP contribution in [0.2, 0.25) is 0 Å². The lowest BCUT2D eigenvalue weighted by molar-refractivity contribution is 0.443. The van der Waals surface area contributed by atoms with E-state index in [1.807, 2.05) is 24.3 Å². The number of allylic oxidation sites excluding steroid dienone is 10. The number of hydrogen-bond acceptors (Lipinski definition) is 2. The van der Waals surface area contributed by atoms with Crippen LogP contribution in [0.1, 0.15) is 36.5 Å². The lowest BCUT2D eigenvalue weighted by Gasteiger charge is -2.19. The van der Waals surface area contributed by atoms with Crippen LogP contribution < -0.4 is 4.74 Å². The molecule has 1 aliphatic heterocycles. The SMILES string of the molecule is C=CC/C=C\C=C(/CC=C)c1c2ccccc2c(/C(C)=C/C=C2\Cc3c(c4oc5ccccc5c4c4ccccc34)O2)c2ccccc12. The summed E-state index contributed by atoms with van der Waals surface area (Å²) in [6, 6.07) is 34.4. The maximum Gasteiger partial charge on any atom is 0.178 e. The normalized spacial score (nSPS) is 14.6. The number of benzene rings is 6. The minimum Gasteiger partial charge on any atom is -0.457 e. The Balaban J connectivity index is 1.26. The molecule has 0 fully saturated rings.